The molecule has 2 heteroatoms. The third kappa shape index (κ3) is 3.69. The first-order valence-corrected chi connectivity index (χ1v) is 7.45. The van der Waals surface area contributed by atoms with Crippen LogP contribution < -0.4 is 10.6 Å². The normalized spacial score (nSPS) is 22.6. The molecular weight excluding hydrogens is 244 g/mol. The van der Waals surface area contributed by atoms with Crippen molar-refractivity contribution in [1.82, 2.24) is 10.6 Å². The lowest BCUT2D eigenvalue weighted by Crippen LogP contribution is -2.56. The molecule has 3 rings (SSSR count). The maximum atomic E-state index is 3.79. The highest BCUT2D eigenvalue weighted by Gasteiger charge is 2.20. The van der Waals surface area contributed by atoms with Crippen molar-refractivity contribution in [3.8, 4) is 0 Å². The van der Waals surface area contributed by atoms with Crippen molar-refractivity contribution in [2.24, 2.45) is 0 Å². The predicted octanol–water partition coefficient (Wildman–Crippen LogP) is 2.40. The standard InChI is InChI=1S/C18H22N2/c1-3-7-15(8-4-1)11-17-13-19-14-18(20-17)12-16-9-5-2-6-10-16/h1-10,17-20H,11-14H2/t17-,18+. The van der Waals surface area contributed by atoms with Crippen LogP contribution in [0.2, 0.25) is 0 Å². The van der Waals surface area contributed by atoms with Gasteiger partial charge in [-0.15, -0.1) is 0 Å². The molecule has 20 heavy (non-hydrogen) atoms. The second kappa shape index (κ2) is 6.69. The summed E-state index contributed by atoms with van der Waals surface area (Å²) in [4.78, 5) is 0. The van der Waals surface area contributed by atoms with Crippen LogP contribution in [0.1, 0.15) is 11.1 Å². The summed E-state index contributed by atoms with van der Waals surface area (Å²) in [6, 6.07) is 22.5. The maximum absolute atomic E-state index is 3.79. The maximum Gasteiger partial charge on any atom is 0.0236 e. The van der Waals surface area contributed by atoms with E-state index in [-0.39, 0.29) is 0 Å². The minimum atomic E-state index is 0.528. The number of hydrogen-bond donors (Lipinski definition) is 2. The number of rotatable bonds is 4. The molecule has 2 nitrogen and oxygen atoms in total. The summed E-state index contributed by atoms with van der Waals surface area (Å²) in [7, 11) is 0. The molecule has 0 aliphatic carbocycles. The highest BCUT2D eigenvalue weighted by atomic mass is 15.1. The molecule has 0 saturated carbocycles. The average molecular weight is 266 g/mol. The quantitative estimate of drug-likeness (QED) is 0.888. The molecule has 0 radical (unpaired) electrons. The van der Waals surface area contributed by atoms with Crippen LogP contribution in [0.3, 0.4) is 0 Å². The lowest BCUT2D eigenvalue weighted by Gasteiger charge is -2.32. The third-order valence-electron chi connectivity index (χ3n) is 3.90. The summed E-state index contributed by atoms with van der Waals surface area (Å²) in [5, 5.41) is 7.35. The molecule has 2 N–H and O–H groups in total. The van der Waals surface area contributed by atoms with E-state index in [9.17, 15) is 0 Å². The minimum Gasteiger partial charge on any atom is -0.314 e. The Hall–Kier alpha value is -1.64. The van der Waals surface area contributed by atoms with E-state index >= 15 is 0 Å². The van der Waals surface area contributed by atoms with Crippen molar-refractivity contribution in [3.63, 3.8) is 0 Å². The second-order valence-electron chi connectivity index (χ2n) is 5.60. The van der Waals surface area contributed by atoms with E-state index in [0.29, 0.717) is 12.1 Å². The van der Waals surface area contributed by atoms with E-state index < -0.39 is 0 Å². The minimum absolute atomic E-state index is 0.528. The largest absolute Gasteiger partial charge is 0.314 e. The summed E-state index contributed by atoms with van der Waals surface area (Å²) in [5.74, 6) is 0. The van der Waals surface area contributed by atoms with Gasteiger partial charge in [0.05, 0.1) is 0 Å². The molecule has 2 atom stereocenters. The molecule has 0 bridgehead atoms. The van der Waals surface area contributed by atoms with Crippen molar-refractivity contribution in [3.05, 3.63) is 71.8 Å². The van der Waals surface area contributed by atoms with Gasteiger partial charge in [0.1, 0.15) is 0 Å². The predicted molar refractivity (Wildman–Crippen MR) is 83.9 cm³/mol. The third-order valence-corrected chi connectivity index (χ3v) is 3.90. The van der Waals surface area contributed by atoms with Gasteiger partial charge in [-0.2, -0.15) is 0 Å². The number of hydrogen-bond acceptors (Lipinski definition) is 2. The van der Waals surface area contributed by atoms with Crippen molar-refractivity contribution < 1.29 is 0 Å². The summed E-state index contributed by atoms with van der Waals surface area (Å²) in [5.41, 5.74) is 2.82. The highest BCUT2D eigenvalue weighted by Crippen LogP contribution is 2.09. The molecule has 1 saturated heterocycles. The molecule has 0 spiro atoms. The molecule has 104 valence electrons. The summed E-state index contributed by atoms with van der Waals surface area (Å²) in [6.45, 7) is 2.11. The van der Waals surface area contributed by atoms with Crippen molar-refractivity contribution in [1.29, 1.82) is 0 Å². The van der Waals surface area contributed by atoms with Crippen LogP contribution in [0, 0.1) is 0 Å². The van der Waals surface area contributed by atoms with Gasteiger partial charge in [-0.1, -0.05) is 60.7 Å². The molecule has 1 aliphatic heterocycles. The SMILES string of the molecule is c1ccc(C[C@H]2CNC[C@@H](Cc3ccccc3)N2)cc1. The van der Waals surface area contributed by atoms with Gasteiger partial charge < -0.3 is 10.6 Å². The van der Waals surface area contributed by atoms with E-state index in [4.69, 9.17) is 0 Å². The summed E-state index contributed by atoms with van der Waals surface area (Å²) in [6.07, 6.45) is 2.19. The molecule has 2 aromatic carbocycles. The monoisotopic (exact) mass is 266 g/mol. The number of nitrogens with one attached hydrogen (secondary N) is 2. The topological polar surface area (TPSA) is 24.1 Å². The van der Waals surface area contributed by atoms with Gasteiger partial charge in [0.15, 0.2) is 0 Å². The molecule has 0 unspecified atom stereocenters. The van der Waals surface area contributed by atoms with Crippen molar-refractivity contribution in [2.75, 3.05) is 13.1 Å². The average Bonchev–Trinajstić information content (AvgIpc) is 2.50. The Morgan fingerprint density at radius 2 is 1.15 bits per heavy atom. The van der Waals surface area contributed by atoms with Crippen LogP contribution >= 0.6 is 0 Å². The second-order valence-corrected chi connectivity index (χ2v) is 5.60. The molecular formula is C18H22N2. The molecule has 1 aliphatic rings. The summed E-state index contributed by atoms with van der Waals surface area (Å²) < 4.78 is 0. The van der Waals surface area contributed by atoms with Crippen molar-refractivity contribution in [2.45, 2.75) is 24.9 Å². The lowest BCUT2D eigenvalue weighted by atomic mass is 9.99. The van der Waals surface area contributed by atoms with Gasteiger partial charge in [-0.3, -0.25) is 0 Å². The first-order valence-electron chi connectivity index (χ1n) is 7.45. The van der Waals surface area contributed by atoms with Crippen LogP contribution in [0.5, 0.6) is 0 Å². The van der Waals surface area contributed by atoms with Gasteiger partial charge >= 0.3 is 0 Å². The first kappa shape index (κ1) is 13.3. The Labute approximate surface area is 121 Å². The Kier molecular flexibility index (Phi) is 4.46. The van der Waals surface area contributed by atoms with Gasteiger partial charge in [0.25, 0.3) is 0 Å². The van der Waals surface area contributed by atoms with Crippen molar-refractivity contribution >= 4 is 0 Å². The van der Waals surface area contributed by atoms with Crippen LogP contribution in [-0.2, 0) is 12.8 Å². The molecule has 1 heterocycles. The number of piperazine rings is 1. The number of benzene rings is 2. The Bertz CT molecular complexity index is 462. The van der Waals surface area contributed by atoms with Gasteiger partial charge in [0, 0.05) is 25.2 Å². The molecule has 0 aromatic heterocycles. The fourth-order valence-electron chi connectivity index (χ4n) is 2.94. The van der Waals surface area contributed by atoms with E-state index in [2.05, 4.69) is 71.3 Å². The lowest BCUT2D eigenvalue weighted by molar-refractivity contribution is 0.334. The van der Waals surface area contributed by atoms with E-state index in [1.807, 2.05) is 0 Å². The van der Waals surface area contributed by atoms with Crippen LogP contribution in [-0.4, -0.2) is 25.2 Å². The fourth-order valence-corrected chi connectivity index (χ4v) is 2.94. The fraction of sp³-hybridized carbons (Fsp3) is 0.333. The van der Waals surface area contributed by atoms with Crippen LogP contribution in [0.25, 0.3) is 0 Å². The molecule has 2 aromatic rings. The first-order chi connectivity index (χ1) is 9.90. The van der Waals surface area contributed by atoms with E-state index in [0.717, 1.165) is 25.9 Å². The zero-order chi connectivity index (χ0) is 13.6. The zero-order valence-corrected chi connectivity index (χ0v) is 11.8. The van der Waals surface area contributed by atoms with E-state index in [1.54, 1.807) is 0 Å². The Morgan fingerprint density at radius 1 is 0.700 bits per heavy atom. The molecule has 1 fully saturated rings. The molecule has 0 amide bonds. The van der Waals surface area contributed by atoms with Gasteiger partial charge in [0.2, 0.25) is 0 Å². The van der Waals surface area contributed by atoms with Crippen LogP contribution in [0.4, 0.5) is 0 Å². The zero-order valence-electron chi connectivity index (χ0n) is 11.8. The Morgan fingerprint density at radius 3 is 1.60 bits per heavy atom. The summed E-state index contributed by atoms with van der Waals surface area (Å²) >= 11 is 0. The van der Waals surface area contributed by atoms with Crippen LogP contribution in [0.15, 0.2) is 60.7 Å². The van der Waals surface area contributed by atoms with E-state index in [1.165, 1.54) is 11.1 Å². The highest BCUT2D eigenvalue weighted by molar-refractivity contribution is 5.18. The Balaban J connectivity index is 1.57. The van der Waals surface area contributed by atoms with Gasteiger partial charge in [-0.05, 0) is 24.0 Å². The van der Waals surface area contributed by atoms with Gasteiger partial charge in [-0.25, -0.2) is 0 Å². The smallest absolute Gasteiger partial charge is 0.0236 e.